The van der Waals surface area contributed by atoms with Gasteiger partial charge < -0.3 is 4.74 Å². The Hall–Kier alpha value is -1.96. The molecule has 0 aliphatic heterocycles. The van der Waals surface area contributed by atoms with Crippen LogP contribution in [0.4, 0.5) is 0 Å². The minimum Gasteiger partial charge on any atom is -0.468 e. The van der Waals surface area contributed by atoms with E-state index in [1.54, 1.807) is 6.08 Å². The molecular weight excluding hydrogens is 318 g/mol. The molecule has 0 saturated heterocycles. The lowest BCUT2D eigenvalue weighted by atomic mass is 9.42. The summed E-state index contributed by atoms with van der Waals surface area (Å²) in [6.45, 7) is 5.83. The fraction of sp³-hybridized carbons (Fsp3) is 0.700. The summed E-state index contributed by atoms with van der Waals surface area (Å²) in [5.41, 5.74) is -1.18. The van der Waals surface area contributed by atoms with Crippen LogP contribution in [0.5, 0.6) is 0 Å². The van der Waals surface area contributed by atoms with E-state index in [-0.39, 0.29) is 23.5 Å². The average Bonchev–Trinajstić information content (AvgIpc) is 2.58. The van der Waals surface area contributed by atoms with E-state index in [2.05, 4.69) is 6.07 Å². The molecule has 3 rings (SSSR count). The number of rotatable bonds is 1. The average molecular weight is 343 g/mol. The molecule has 3 aliphatic carbocycles. The molecular formula is C20H25NO4. The van der Waals surface area contributed by atoms with Gasteiger partial charge in [0.25, 0.3) is 0 Å². The van der Waals surface area contributed by atoms with Crippen molar-refractivity contribution in [3.05, 3.63) is 11.6 Å². The largest absolute Gasteiger partial charge is 0.468 e. The number of esters is 1. The quantitative estimate of drug-likeness (QED) is 0.683. The van der Waals surface area contributed by atoms with E-state index in [9.17, 15) is 19.6 Å². The molecule has 3 aliphatic rings. The van der Waals surface area contributed by atoms with Crippen LogP contribution in [-0.2, 0) is 19.1 Å². The molecule has 134 valence electrons. The summed E-state index contributed by atoms with van der Waals surface area (Å²) in [5.74, 6) is -1.01. The van der Waals surface area contributed by atoms with Crippen LogP contribution in [0.2, 0.25) is 0 Å². The molecule has 2 saturated carbocycles. The number of hydrogen-bond donors (Lipinski definition) is 0. The molecule has 4 atom stereocenters. The van der Waals surface area contributed by atoms with E-state index in [0.717, 1.165) is 5.57 Å². The lowest BCUT2D eigenvalue weighted by Gasteiger charge is -2.60. The maximum absolute atomic E-state index is 12.8. The molecule has 0 radical (unpaired) electrons. The van der Waals surface area contributed by atoms with Crippen molar-refractivity contribution >= 4 is 17.5 Å². The molecule has 0 aromatic carbocycles. The number of Topliss-reactive ketones (excluding diaryl/α,β-unsaturated/α-hetero) is 1. The molecule has 5 heteroatoms. The van der Waals surface area contributed by atoms with Gasteiger partial charge in [0.1, 0.15) is 5.92 Å². The number of nitriles is 1. The van der Waals surface area contributed by atoms with Crippen molar-refractivity contribution in [3.63, 3.8) is 0 Å². The number of nitrogens with zero attached hydrogens (tertiary/aromatic N) is 1. The Morgan fingerprint density at radius 1 is 1.28 bits per heavy atom. The van der Waals surface area contributed by atoms with Crippen molar-refractivity contribution in [2.45, 2.75) is 52.9 Å². The lowest BCUT2D eigenvalue weighted by molar-refractivity contribution is -0.160. The molecule has 0 spiro atoms. The minimum absolute atomic E-state index is 0.00651. The summed E-state index contributed by atoms with van der Waals surface area (Å²) in [6.07, 6.45) is 4.09. The first-order chi connectivity index (χ1) is 11.6. The number of hydrogen-bond acceptors (Lipinski definition) is 5. The highest BCUT2D eigenvalue weighted by Crippen LogP contribution is 2.66. The molecule has 0 amide bonds. The van der Waals surface area contributed by atoms with Crippen molar-refractivity contribution in [2.24, 2.45) is 28.1 Å². The number of carbonyl (C=O) groups is 3. The van der Waals surface area contributed by atoms with Crippen molar-refractivity contribution in [3.8, 4) is 6.07 Å². The molecule has 5 nitrogen and oxygen atoms in total. The van der Waals surface area contributed by atoms with Crippen LogP contribution in [0.15, 0.2) is 11.6 Å². The zero-order chi connectivity index (χ0) is 18.6. The topological polar surface area (TPSA) is 84.2 Å². The third kappa shape index (κ3) is 2.23. The van der Waals surface area contributed by atoms with Crippen LogP contribution in [0.25, 0.3) is 0 Å². The van der Waals surface area contributed by atoms with E-state index in [4.69, 9.17) is 4.74 Å². The van der Waals surface area contributed by atoms with Gasteiger partial charge in [-0.05, 0) is 48.7 Å². The number of ketones is 2. The smallest absolute Gasteiger partial charge is 0.315 e. The maximum Gasteiger partial charge on any atom is 0.315 e. The molecule has 0 aromatic rings. The van der Waals surface area contributed by atoms with Crippen LogP contribution in [0.3, 0.4) is 0 Å². The van der Waals surface area contributed by atoms with E-state index in [1.165, 1.54) is 7.11 Å². The standard InChI is InChI=1S/C20H25NO4/c1-18(2)14-6-8-20(17(24)25-4)7-5-13(22)9-15(20)19(14,3)10-12(11-21)16(18)23/h9,12,14H,5-8,10H2,1-4H3/t12?,14?,19-,20-/m0/s1. The van der Waals surface area contributed by atoms with Crippen molar-refractivity contribution in [1.82, 2.24) is 0 Å². The monoisotopic (exact) mass is 343 g/mol. The van der Waals surface area contributed by atoms with Crippen molar-refractivity contribution in [2.75, 3.05) is 7.11 Å². The maximum atomic E-state index is 12.8. The molecule has 0 N–H and O–H groups in total. The van der Waals surface area contributed by atoms with E-state index >= 15 is 0 Å². The van der Waals surface area contributed by atoms with Crippen molar-refractivity contribution in [1.29, 1.82) is 5.26 Å². The molecule has 0 aromatic heterocycles. The first-order valence-corrected chi connectivity index (χ1v) is 8.91. The lowest BCUT2D eigenvalue weighted by Crippen LogP contribution is -2.59. The third-order valence-corrected chi connectivity index (χ3v) is 7.05. The zero-order valence-corrected chi connectivity index (χ0v) is 15.3. The van der Waals surface area contributed by atoms with Gasteiger partial charge in [0.05, 0.1) is 18.6 Å². The first kappa shape index (κ1) is 17.8. The Labute approximate surface area is 148 Å². The fourth-order valence-electron chi connectivity index (χ4n) is 5.87. The van der Waals surface area contributed by atoms with Crippen LogP contribution in [0.1, 0.15) is 52.9 Å². The Bertz CT molecular complexity index is 728. The van der Waals surface area contributed by atoms with Gasteiger partial charge in [-0.2, -0.15) is 5.26 Å². The second-order valence-corrected chi connectivity index (χ2v) is 8.58. The molecule has 2 unspecified atom stereocenters. The Balaban J connectivity index is 2.20. The Morgan fingerprint density at radius 2 is 1.96 bits per heavy atom. The summed E-state index contributed by atoms with van der Waals surface area (Å²) in [4.78, 5) is 37.7. The predicted octanol–water partition coefficient (Wildman–Crippen LogP) is 2.99. The number of fused-ring (bicyclic) bond motifs is 3. The van der Waals surface area contributed by atoms with Gasteiger partial charge in [-0.1, -0.05) is 20.8 Å². The molecule has 0 bridgehead atoms. The minimum atomic E-state index is -0.787. The van der Waals surface area contributed by atoms with Gasteiger partial charge in [0, 0.05) is 11.8 Å². The number of ether oxygens (including phenoxy) is 1. The van der Waals surface area contributed by atoms with Gasteiger partial charge in [-0.25, -0.2) is 0 Å². The second kappa shape index (κ2) is 5.52. The number of allylic oxidation sites excluding steroid dienone is 1. The van der Waals surface area contributed by atoms with Gasteiger partial charge in [-0.3, -0.25) is 14.4 Å². The summed E-state index contributed by atoms with van der Waals surface area (Å²) < 4.78 is 5.11. The summed E-state index contributed by atoms with van der Waals surface area (Å²) in [7, 11) is 1.38. The van der Waals surface area contributed by atoms with E-state index < -0.39 is 22.2 Å². The van der Waals surface area contributed by atoms with Crippen LogP contribution in [-0.4, -0.2) is 24.6 Å². The summed E-state index contributed by atoms with van der Waals surface area (Å²) in [5, 5.41) is 9.52. The normalized spacial score (nSPS) is 39.6. The van der Waals surface area contributed by atoms with Gasteiger partial charge in [-0.15, -0.1) is 0 Å². The van der Waals surface area contributed by atoms with E-state index in [0.29, 0.717) is 32.1 Å². The zero-order valence-electron chi connectivity index (χ0n) is 15.3. The van der Waals surface area contributed by atoms with Crippen LogP contribution < -0.4 is 0 Å². The highest BCUT2D eigenvalue weighted by atomic mass is 16.5. The second-order valence-electron chi connectivity index (χ2n) is 8.58. The van der Waals surface area contributed by atoms with Crippen molar-refractivity contribution < 1.29 is 19.1 Å². The Morgan fingerprint density at radius 3 is 2.56 bits per heavy atom. The van der Waals surface area contributed by atoms with Gasteiger partial charge in [0.15, 0.2) is 11.6 Å². The molecule has 2 fully saturated rings. The van der Waals surface area contributed by atoms with Gasteiger partial charge >= 0.3 is 5.97 Å². The van der Waals surface area contributed by atoms with Gasteiger partial charge in [0.2, 0.25) is 0 Å². The molecule has 0 heterocycles. The predicted molar refractivity (Wildman–Crippen MR) is 90.1 cm³/mol. The van der Waals surface area contributed by atoms with E-state index in [1.807, 2.05) is 20.8 Å². The highest BCUT2D eigenvalue weighted by Gasteiger charge is 2.64. The molecule has 25 heavy (non-hydrogen) atoms. The summed E-state index contributed by atoms with van der Waals surface area (Å²) in [6, 6.07) is 2.15. The number of carbonyl (C=O) groups excluding carboxylic acids is 3. The van der Waals surface area contributed by atoms with Crippen LogP contribution in [0, 0.1) is 39.4 Å². The highest BCUT2D eigenvalue weighted by molar-refractivity contribution is 5.96. The SMILES string of the molecule is COC(=O)[C@]12CCC(=O)C=C1[C@@]1(C)CC(C#N)C(=O)C(C)(C)C1CC2. The Kier molecular flexibility index (Phi) is 3.94. The van der Waals surface area contributed by atoms with Crippen LogP contribution >= 0.6 is 0 Å². The first-order valence-electron chi connectivity index (χ1n) is 8.91. The third-order valence-electron chi connectivity index (χ3n) is 7.05. The summed E-state index contributed by atoms with van der Waals surface area (Å²) >= 11 is 0. The fourth-order valence-corrected chi connectivity index (χ4v) is 5.87. The number of methoxy groups -OCH3 is 1.